The third kappa shape index (κ3) is 1.41. The first kappa shape index (κ1) is 8.21. The molecule has 0 aromatic heterocycles. The van der Waals surface area contributed by atoms with Crippen LogP contribution in [-0.2, 0) is 4.74 Å². The van der Waals surface area contributed by atoms with Crippen molar-refractivity contribution in [1.82, 2.24) is 0 Å². The summed E-state index contributed by atoms with van der Waals surface area (Å²) in [7, 11) is 0. The molecule has 0 saturated carbocycles. The minimum Gasteiger partial charge on any atom is -0.368 e. The highest BCUT2D eigenvalue weighted by Crippen LogP contribution is 2.33. The molecule has 1 saturated heterocycles. The van der Waals surface area contributed by atoms with Gasteiger partial charge >= 0.3 is 0 Å². The lowest BCUT2D eigenvalue weighted by molar-refractivity contribution is 0.414. The minimum atomic E-state index is -0.460. The molecule has 0 bridgehead atoms. The normalized spacial score (nSPS) is 19.6. The number of benzene rings is 1. The van der Waals surface area contributed by atoms with Crippen LogP contribution >= 0.6 is 0 Å². The van der Waals surface area contributed by atoms with E-state index in [1.54, 1.807) is 12.1 Å². The molecule has 0 amide bonds. The standard InChI is InChI=1S/C10H8FNO/c1-6-2-7(4-12)9(11)3-8(6)10-5-13-10/h2-3,10H,5H2,1H3. The van der Waals surface area contributed by atoms with Crippen LogP contribution in [0.5, 0.6) is 0 Å². The van der Waals surface area contributed by atoms with Crippen molar-refractivity contribution < 1.29 is 9.13 Å². The second kappa shape index (κ2) is 2.82. The fourth-order valence-corrected chi connectivity index (χ4v) is 1.36. The molecule has 0 spiro atoms. The molecule has 2 nitrogen and oxygen atoms in total. The van der Waals surface area contributed by atoms with Gasteiger partial charge in [0, 0.05) is 0 Å². The summed E-state index contributed by atoms with van der Waals surface area (Å²) in [6.07, 6.45) is 0.0437. The number of hydrogen-bond acceptors (Lipinski definition) is 2. The lowest BCUT2D eigenvalue weighted by Gasteiger charge is -2.02. The zero-order chi connectivity index (χ0) is 9.42. The first-order chi connectivity index (χ1) is 6.22. The van der Waals surface area contributed by atoms with Crippen LogP contribution in [0.3, 0.4) is 0 Å². The van der Waals surface area contributed by atoms with Gasteiger partial charge < -0.3 is 4.74 Å². The fraction of sp³-hybridized carbons (Fsp3) is 0.300. The fourth-order valence-electron chi connectivity index (χ4n) is 1.36. The molecule has 1 atom stereocenters. The summed E-state index contributed by atoms with van der Waals surface area (Å²) in [5.74, 6) is -0.460. The second-order valence-corrected chi connectivity index (χ2v) is 3.12. The van der Waals surface area contributed by atoms with Gasteiger partial charge in [-0.1, -0.05) is 0 Å². The highest BCUT2D eigenvalue weighted by atomic mass is 19.1. The van der Waals surface area contributed by atoms with E-state index < -0.39 is 5.82 Å². The third-order valence-corrected chi connectivity index (χ3v) is 2.16. The lowest BCUT2D eigenvalue weighted by atomic mass is 10.0. The van der Waals surface area contributed by atoms with Crippen LogP contribution in [-0.4, -0.2) is 6.61 Å². The molecule has 1 aromatic carbocycles. The van der Waals surface area contributed by atoms with Crippen LogP contribution in [0.25, 0.3) is 0 Å². The molecule has 1 aromatic rings. The number of rotatable bonds is 1. The van der Waals surface area contributed by atoms with E-state index in [-0.39, 0.29) is 11.7 Å². The van der Waals surface area contributed by atoms with Crippen LogP contribution in [0.4, 0.5) is 4.39 Å². The van der Waals surface area contributed by atoms with Gasteiger partial charge in [-0.25, -0.2) is 4.39 Å². The molecule has 1 heterocycles. The van der Waals surface area contributed by atoms with Gasteiger partial charge in [0.05, 0.1) is 12.2 Å². The Hall–Kier alpha value is -1.40. The Morgan fingerprint density at radius 1 is 1.62 bits per heavy atom. The predicted molar refractivity (Wildman–Crippen MR) is 44.5 cm³/mol. The van der Waals surface area contributed by atoms with Crippen molar-refractivity contribution in [3.8, 4) is 6.07 Å². The molecule has 66 valence electrons. The van der Waals surface area contributed by atoms with Crippen LogP contribution < -0.4 is 0 Å². The molecule has 1 unspecified atom stereocenters. The van der Waals surface area contributed by atoms with Crippen LogP contribution in [0.2, 0.25) is 0 Å². The van der Waals surface area contributed by atoms with Gasteiger partial charge in [-0.05, 0) is 30.2 Å². The number of epoxide rings is 1. The van der Waals surface area contributed by atoms with Crippen LogP contribution in [0.15, 0.2) is 12.1 Å². The van der Waals surface area contributed by atoms with Crippen molar-refractivity contribution in [3.63, 3.8) is 0 Å². The average molecular weight is 177 g/mol. The summed E-state index contributed by atoms with van der Waals surface area (Å²) in [5.41, 5.74) is 1.87. The number of nitrogens with zero attached hydrogens (tertiary/aromatic N) is 1. The Morgan fingerprint density at radius 2 is 2.31 bits per heavy atom. The van der Waals surface area contributed by atoms with Crippen LogP contribution in [0, 0.1) is 24.1 Å². The van der Waals surface area contributed by atoms with E-state index in [0.717, 1.165) is 11.1 Å². The van der Waals surface area contributed by atoms with E-state index in [1.165, 1.54) is 6.07 Å². The highest BCUT2D eigenvalue weighted by molar-refractivity contribution is 5.40. The monoisotopic (exact) mass is 177 g/mol. The van der Waals surface area contributed by atoms with E-state index in [9.17, 15) is 4.39 Å². The predicted octanol–water partition coefficient (Wildman–Crippen LogP) is 2.08. The third-order valence-electron chi connectivity index (χ3n) is 2.16. The van der Waals surface area contributed by atoms with Crippen LogP contribution in [0.1, 0.15) is 22.8 Å². The van der Waals surface area contributed by atoms with E-state index in [0.29, 0.717) is 6.61 Å². The maximum absolute atomic E-state index is 13.1. The first-order valence-electron chi connectivity index (χ1n) is 4.04. The molecule has 1 fully saturated rings. The lowest BCUT2D eigenvalue weighted by Crippen LogP contribution is -1.92. The zero-order valence-corrected chi connectivity index (χ0v) is 7.17. The van der Waals surface area contributed by atoms with E-state index in [2.05, 4.69) is 0 Å². The van der Waals surface area contributed by atoms with Crippen molar-refractivity contribution in [2.75, 3.05) is 6.61 Å². The Bertz CT molecular complexity index is 391. The summed E-state index contributed by atoms with van der Waals surface area (Å²) in [6.45, 7) is 2.52. The Labute approximate surface area is 75.6 Å². The minimum absolute atomic E-state index is 0.0437. The number of nitriles is 1. The molecule has 0 radical (unpaired) electrons. The molecule has 3 heteroatoms. The van der Waals surface area contributed by atoms with Crippen molar-refractivity contribution >= 4 is 0 Å². The highest BCUT2D eigenvalue weighted by Gasteiger charge is 2.27. The number of hydrogen-bond donors (Lipinski definition) is 0. The van der Waals surface area contributed by atoms with E-state index >= 15 is 0 Å². The van der Waals surface area contributed by atoms with Crippen molar-refractivity contribution in [2.45, 2.75) is 13.0 Å². The molecule has 0 aliphatic carbocycles. The molecule has 1 aliphatic rings. The Balaban J connectivity index is 2.50. The summed E-state index contributed by atoms with van der Waals surface area (Å²) in [4.78, 5) is 0. The van der Waals surface area contributed by atoms with Gasteiger partial charge in [0.25, 0.3) is 0 Å². The van der Waals surface area contributed by atoms with Crippen molar-refractivity contribution in [2.24, 2.45) is 0 Å². The summed E-state index contributed by atoms with van der Waals surface area (Å²) in [5, 5.41) is 8.57. The summed E-state index contributed by atoms with van der Waals surface area (Å²) in [6, 6.07) is 4.76. The molecule has 1 aliphatic heterocycles. The summed E-state index contributed by atoms with van der Waals surface area (Å²) < 4.78 is 18.2. The topological polar surface area (TPSA) is 36.3 Å². The smallest absolute Gasteiger partial charge is 0.141 e. The maximum Gasteiger partial charge on any atom is 0.141 e. The molecule has 13 heavy (non-hydrogen) atoms. The molecule has 0 N–H and O–H groups in total. The average Bonchev–Trinajstić information content (AvgIpc) is 2.91. The Morgan fingerprint density at radius 3 is 2.85 bits per heavy atom. The largest absolute Gasteiger partial charge is 0.368 e. The summed E-state index contributed by atoms with van der Waals surface area (Å²) >= 11 is 0. The van der Waals surface area contributed by atoms with Gasteiger partial charge in [-0.3, -0.25) is 0 Å². The molecule has 2 rings (SSSR count). The van der Waals surface area contributed by atoms with Gasteiger partial charge in [0.1, 0.15) is 18.0 Å². The maximum atomic E-state index is 13.1. The van der Waals surface area contributed by atoms with E-state index in [4.69, 9.17) is 10.00 Å². The van der Waals surface area contributed by atoms with Gasteiger partial charge in [-0.15, -0.1) is 0 Å². The zero-order valence-electron chi connectivity index (χ0n) is 7.17. The number of halogens is 1. The second-order valence-electron chi connectivity index (χ2n) is 3.12. The van der Waals surface area contributed by atoms with Gasteiger partial charge in [0.15, 0.2) is 0 Å². The van der Waals surface area contributed by atoms with Crippen molar-refractivity contribution in [1.29, 1.82) is 5.26 Å². The first-order valence-corrected chi connectivity index (χ1v) is 4.04. The Kier molecular flexibility index (Phi) is 1.78. The molecular weight excluding hydrogens is 169 g/mol. The van der Waals surface area contributed by atoms with Crippen molar-refractivity contribution in [3.05, 3.63) is 34.6 Å². The molecular formula is C10H8FNO. The van der Waals surface area contributed by atoms with E-state index in [1.807, 2.05) is 6.92 Å². The number of ether oxygens (including phenoxy) is 1. The van der Waals surface area contributed by atoms with Gasteiger partial charge in [-0.2, -0.15) is 5.26 Å². The number of aryl methyl sites for hydroxylation is 1. The van der Waals surface area contributed by atoms with Gasteiger partial charge in [0.2, 0.25) is 0 Å². The quantitative estimate of drug-likeness (QED) is 0.616. The SMILES string of the molecule is Cc1cc(C#N)c(F)cc1C1CO1.